The summed E-state index contributed by atoms with van der Waals surface area (Å²) in [5.74, 6) is -0.415. The van der Waals surface area contributed by atoms with Gasteiger partial charge >= 0.3 is 0 Å². The van der Waals surface area contributed by atoms with Crippen LogP contribution in [0.4, 0.5) is 0 Å². The molecule has 9 heteroatoms. The third-order valence-corrected chi connectivity index (χ3v) is 4.51. The van der Waals surface area contributed by atoms with E-state index < -0.39 is 16.9 Å². The van der Waals surface area contributed by atoms with Crippen molar-refractivity contribution in [1.29, 1.82) is 0 Å². The van der Waals surface area contributed by atoms with Crippen molar-refractivity contribution in [3.63, 3.8) is 0 Å². The van der Waals surface area contributed by atoms with Gasteiger partial charge in [0.15, 0.2) is 0 Å². The minimum atomic E-state index is -0.740. The van der Waals surface area contributed by atoms with E-state index in [9.17, 15) is 14.4 Å². The molecule has 1 N–H and O–H groups in total. The highest BCUT2D eigenvalue weighted by Crippen LogP contribution is 2.34. The molecule has 1 fully saturated rings. The first kappa shape index (κ1) is 22.6. The topological polar surface area (TPSA) is 82.1 Å². The van der Waals surface area contributed by atoms with Crippen LogP contribution in [0, 0.1) is 10.8 Å². The van der Waals surface area contributed by atoms with Gasteiger partial charge in [0, 0.05) is 69.2 Å². The summed E-state index contributed by atoms with van der Waals surface area (Å²) in [6.07, 6.45) is 0.582. The molecule has 0 aliphatic carbocycles. The fraction of sp³-hybridized carbons (Fsp3) is 0.750. The van der Waals surface area contributed by atoms with Gasteiger partial charge in [-0.3, -0.25) is 14.4 Å². The molecular weight excluding hydrogens is 550 g/mol. The summed E-state index contributed by atoms with van der Waals surface area (Å²) in [5, 5.41) is 8.38. The molecule has 0 aromatic rings. The molecule has 2 atom stereocenters. The van der Waals surface area contributed by atoms with Crippen molar-refractivity contribution in [1.82, 2.24) is 15.2 Å². The summed E-state index contributed by atoms with van der Waals surface area (Å²) < 4.78 is 0. The van der Waals surface area contributed by atoms with Gasteiger partial charge in [-0.25, -0.2) is 5.01 Å². The minimum Gasteiger partial charge on any atom is -0.344 e. The highest BCUT2D eigenvalue weighted by Gasteiger charge is 2.50. The van der Waals surface area contributed by atoms with E-state index in [1.807, 2.05) is 6.92 Å². The Kier molecular flexibility index (Phi) is 7.67. The molecule has 0 aromatic carbocycles. The quantitative estimate of drug-likeness (QED) is 0.513. The zero-order valence-electron chi connectivity index (χ0n) is 15.5. The van der Waals surface area contributed by atoms with Crippen LogP contribution in [-0.4, -0.2) is 59.5 Å². The summed E-state index contributed by atoms with van der Waals surface area (Å²) in [6.45, 7) is 9.75. The number of rotatable bonds is 2. The molecular formula is C16H26I2N4O3. The average molecular weight is 576 g/mol. The van der Waals surface area contributed by atoms with Crippen LogP contribution in [0.1, 0.15) is 41.0 Å². The molecule has 2 aliphatic heterocycles. The molecule has 2 heterocycles. The molecule has 1 saturated heterocycles. The van der Waals surface area contributed by atoms with Crippen LogP contribution < -0.4 is 5.32 Å². The second-order valence-corrected chi connectivity index (χ2v) is 7.66. The van der Waals surface area contributed by atoms with Gasteiger partial charge in [0.1, 0.15) is 11.5 Å². The van der Waals surface area contributed by atoms with Gasteiger partial charge in [-0.2, -0.15) is 5.10 Å². The first-order chi connectivity index (χ1) is 11.5. The minimum absolute atomic E-state index is 0.0867. The number of halogens is 2. The Hall–Kier alpha value is -0.460. The van der Waals surface area contributed by atoms with Gasteiger partial charge in [-0.05, 0) is 13.8 Å². The van der Waals surface area contributed by atoms with Crippen LogP contribution in [0.5, 0.6) is 0 Å². The molecule has 7 nitrogen and oxygen atoms in total. The molecule has 0 saturated carbocycles. The lowest BCUT2D eigenvalue weighted by Gasteiger charge is -2.38. The molecule has 3 amide bonds. The Morgan fingerprint density at radius 1 is 1.32 bits per heavy atom. The van der Waals surface area contributed by atoms with Crippen molar-refractivity contribution in [2.45, 2.75) is 47.1 Å². The van der Waals surface area contributed by atoms with E-state index in [1.165, 1.54) is 5.01 Å². The third kappa shape index (κ3) is 4.83. The fourth-order valence-electron chi connectivity index (χ4n) is 2.94. The zero-order chi connectivity index (χ0) is 19.6. The van der Waals surface area contributed by atoms with E-state index in [1.54, 1.807) is 39.6 Å². The number of piperidine rings is 1. The standard InChI is InChI=1S/C16H26N4O3.I2/c1-10(17-13(22)15(2,3)4)12(21)20-8-7-11-16(5,9-20)14(23)19(6)18-11;1-2/h10H,7-9H2,1-6H3,(H,17,22);/t10-,16-;/m1./s1. The molecule has 0 radical (unpaired) electrons. The van der Waals surface area contributed by atoms with Crippen molar-refractivity contribution < 1.29 is 14.4 Å². The fourth-order valence-corrected chi connectivity index (χ4v) is 2.94. The smallest absolute Gasteiger partial charge is 0.255 e. The van der Waals surface area contributed by atoms with Crippen LogP contribution in [0.25, 0.3) is 0 Å². The Bertz CT molecular complexity index is 588. The maximum Gasteiger partial charge on any atom is 0.255 e. The van der Waals surface area contributed by atoms with Crippen molar-refractivity contribution in [3.8, 4) is 0 Å². The van der Waals surface area contributed by atoms with Crippen LogP contribution in [0.3, 0.4) is 0 Å². The predicted molar refractivity (Wildman–Crippen MR) is 115 cm³/mol. The van der Waals surface area contributed by atoms with E-state index in [-0.39, 0.29) is 17.7 Å². The molecule has 0 bridgehead atoms. The van der Waals surface area contributed by atoms with Crippen LogP contribution >= 0.6 is 37.2 Å². The van der Waals surface area contributed by atoms with Gasteiger partial charge in [0.25, 0.3) is 5.91 Å². The number of amides is 3. The van der Waals surface area contributed by atoms with Crippen LogP contribution in [-0.2, 0) is 14.4 Å². The monoisotopic (exact) mass is 576 g/mol. The van der Waals surface area contributed by atoms with Gasteiger partial charge < -0.3 is 10.2 Å². The number of hydrogen-bond acceptors (Lipinski definition) is 4. The van der Waals surface area contributed by atoms with E-state index >= 15 is 0 Å². The zero-order valence-corrected chi connectivity index (χ0v) is 19.8. The molecule has 0 unspecified atom stereocenters. The highest BCUT2D eigenvalue weighted by molar-refractivity contribution is 15.0. The second-order valence-electron chi connectivity index (χ2n) is 7.66. The molecule has 2 rings (SSSR count). The molecule has 142 valence electrons. The predicted octanol–water partition coefficient (Wildman–Crippen LogP) is 2.38. The lowest BCUT2D eigenvalue weighted by atomic mass is 9.79. The van der Waals surface area contributed by atoms with Gasteiger partial charge in [-0.1, -0.05) is 20.8 Å². The Labute approximate surface area is 172 Å². The van der Waals surface area contributed by atoms with Crippen LogP contribution in [0.15, 0.2) is 5.10 Å². The number of nitrogens with one attached hydrogen (secondary N) is 1. The average Bonchev–Trinajstić information content (AvgIpc) is 2.77. The Morgan fingerprint density at radius 3 is 2.40 bits per heavy atom. The first-order valence-electron chi connectivity index (χ1n) is 8.07. The van der Waals surface area contributed by atoms with Crippen molar-refractivity contribution in [3.05, 3.63) is 0 Å². The van der Waals surface area contributed by atoms with E-state index in [4.69, 9.17) is 0 Å². The number of carbonyl (C=O) groups is 3. The summed E-state index contributed by atoms with van der Waals surface area (Å²) >= 11 is 4.24. The number of nitrogens with zero attached hydrogens (tertiary/aromatic N) is 3. The van der Waals surface area contributed by atoms with Crippen molar-refractivity contribution >= 4 is 60.7 Å². The number of carbonyl (C=O) groups excluding carboxylic acids is 3. The number of fused-ring (bicyclic) bond motifs is 1. The summed E-state index contributed by atoms with van der Waals surface area (Å²) in [6, 6.07) is -0.613. The van der Waals surface area contributed by atoms with Crippen LogP contribution in [0.2, 0.25) is 0 Å². The van der Waals surface area contributed by atoms with Gasteiger partial charge in [0.2, 0.25) is 11.8 Å². The maximum absolute atomic E-state index is 12.6. The Balaban J connectivity index is 0.00000151. The highest BCUT2D eigenvalue weighted by atomic mass is 128. The number of hydrogen-bond donors (Lipinski definition) is 1. The molecule has 2 aliphatic rings. The summed E-state index contributed by atoms with van der Waals surface area (Å²) in [4.78, 5) is 38.6. The lowest BCUT2D eigenvalue weighted by Crippen LogP contribution is -2.57. The Morgan fingerprint density at radius 2 is 1.88 bits per heavy atom. The normalized spacial score (nSPS) is 24.0. The van der Waals surface area contributed by atoms with E-state index in [0.717, 1.165) is 5.71 Å². The van der Waals surface area contributed by atoms with Crippen molar-refractivity contribution in [2.75, 3.05) is 20.1 Å². The molecule has 0 aromatic heterocycles. The van der Waals surface area contributed by atoms with Crippen molar-refractivity contribution in [2.24, 2.45) is 15.9 Å². The first-order valence-corrected chi connectivity index (χ1v) is 14.4. The van der Waals surface area contributed by atoms with E-state index in [2.05, 4.69) is 47.6 Å². The molecule has 25 heavy (non-hydrogen) atoms. The molecule has 0 spiro atoms. The second kappa shape index (κ2) is 8.49. The van der Waals surface area contributed by atoms with E-state index in [0.29, 0.717) is 19.5 Å². The largest absolute Gasteiger partial charge is 0.344 e. The SMILES string of the molecule is C[C@@H](NC(=O)C(C)(C)C)C(=O)N1CCC2=NN(C)C(=O)[C@]2(C)C1.II. The van der Waals surface area contributed by atoms with Gasteiger partial charge in [0.05, 0.1) is 5.71 Å². The third-order valence-electron chi connectivity index (χ3n) is 4.51. The number of likely N-dealkylation sites (tertiary alicyclic amines) is 1. The lowest BCUT2D eigenvalue weighted by molar-refractivity contribution is -0.142. The number of hydrazone groups is 1. The summed E-state index contributed by atoms with van der Waals surface area (Å²) in [5.41, 5.74) is -0.455. The maximum atomic E-state index is 12.6. The summed E-state index contributed by atoms with van der Waals surface area (Å²) in [7, 11) is 1.64. The van der Waals surface area contributed by atoms with Gasteiger partial charge in [-0.15, -0.1) is 0 Å².